The summed E-state index contributed by atoms with van der Waals surface area (Å²) in [5.74, 6) is 0.907. The molecule has 13 heteroatoms. The van der Waals surface area contributed by atoms with Gasteiger partial charge in [-0.25, -0.2) is 19.7 Å². The van der Waals surface area contributed by atoms with Crippen molar-refractivity contribution in [2.45, 2.75) is 56.8 Å². The fourth-order valence-corrected chi connectivity index (χ4v) is 6.15. The minimum absolute atomic E-state index is 0.155. The molecule has 2 aromatic heterocycles. The maximum atomic E-state index is 14.8. The molecule has 5 heterocycles. The molecule has 210 valence electrons. The summed E-state index contributed by atoms with van der Waals surface area (Å²) in [5.41, 5.74) is -0.0386. The van der Waals surface area contributed by atoms with Gasteiger partial charge in [0.05, 0.1) is 6.42 Å². The summed E-state index contributed by atoms with van der Waals surface area (Å²) >= 11 is 0. The monoisotopic (exact) mass is 555 g/mol. The number of anilines is 2. The third-order valence-electron chi connectivity index (χ3n) is 7.95. The highest BCUT2D eigenvalue weighted by Crippen LogP contribution is 2.45. The van der Waals surface area contributed by atoms with Gasteiger partial charge < -0.3 is 19.9 Å². The SMILES string of the molecule is O=C1Cc2c(ncnc2N2CCC(c3nc(-c4ccccc4)c(C(F)(F)F)n3C3CCCCN3C(=O)O)CC2)N1. The number of rotatable bonds is 4. The van der Waals surface area contributed by atoms with E-state index in [9.17, 15) is 27.9 Å². The van der Waals surface area contributed by atoms with E-state index in [1.165, 1.54) is 10.9 Å². The van der Waals surface area contributed by atoms with Gasteiger partial charge in [-0.2, -0.15) is 13.2 Å². The number of piperidine rings is 2. The van der Waals surface area contributed by atoms with Crippen molar-refractivity contribution in [2.75, 3.05) is 29.9 Å². The Morgan fingerprint density at radius 2 is 1.77 bits per heavy atom. The second-order valence-corrected chi connectivity index (χ2v) is 10.4. The molecule has 6 rings (SSSR count). The van der Waals surface area contributed by atoms with Crippen LogP contribution in [0.5, 0.6) is 0 Å². The molecule has 10 nitrogen and oxygen atoms in total. The topological polar surface area (TPSA) is 116 Å². The van der Waals surface area contributed by atoms with Crippen molar-refractivity contribution < 1.29 is 27.9 Å². The molecule has 0 radical (unpaired) electrons. The maximum absolute atomic E-state index is 14.8. The zero-order chi connectivity index (χ0) is 28.0. The molecule has 3 aromatic rings. The first kappa shape index (κ1) is 26.1. The van der Waals surface area contributed by atoms with Gasteiger partial charge in [-0.3, -0.25) is 9.69 Å². The summed E-state index contributed by atoms with van der Waals surface area (Å²) in [4.78, 5) is 40.4. The highest BCUT2D eigenvalue weighted by molar-refractivity contribution is 5.99. The van der Waals surface area contributed by atoms with Crippen molar-refractivity contribution in [3.05, 3.63) is 53.7 Å². The van der Waals surface area contributed by atoms with Gasteiger partial charge in [0.1, 0.15) is 35.6 Å². The summed E-state index contributed by atoms with van der Waals surface area (Å²) in [5, 5.41) is 12.6. The molecule has 0 aliphatic carbocycles. The summed E-state index contributed by atoms with van der Waals surface area (Å²) in [7, 11) is 0. The van der Waals surface area contributed by atoms with E-state index in [-0.39, 0.29) is 42.7 Å². The maximum Gasteiger partial charge on any atom is 0.433 e. The Morgan fingerprint density at radius 3 is 2.48 bits per heavy atom. The Hall–Kier alpha value is -4.16. The number of nitrogens with one attached hydrogen (secondary N) is 1. The fraction of sp³-hybridized carbons (Fsp3) is 0.444. The van der Waals surface area contributed by atoms with Crippen LogP contribution in [0.15, 0.2) is 36.7 Å². The molecule has 1 atom stereocenters. The number of aromatic nitrogens is 4. The Balaban J connectivity index is 1.40. The normalized spacial score (nSPS) is 20.0. The molecule has 2 N–H and O–H groups in total. The zero-order valence-corrected chi connectivity index (χ0v) is 21.6. The molecule has 2 saturated heterocycles. The fourth-order valence-electron chi connectivity index (χ4n) is 6.15. The van der Waals surface area contributed by atoms with Crippen LogP contribution in [-0.2, 0) is 17.4 Å². The minimum Gasteiger partial charge on any atom is -0.465 e. The highest BCUT2D eigenvalue weighted by atomic mass is 19.4. The third-order valence-corrected chi connectivity index (χ3v) is 7.95. The van der Waals surface area contributed by atoms with Gasteiger partial charge in [0, 0.05) is 36.7 Å². The molecule has 1 aromatic carbocycles. The molecular formula is C27H28F3N7O3. The van der Waals surface area contributed by atoms with Gasteiger partial charge >= 0.3 is 12.3 Å². The van der Waals surface area contributed by atoms with Crippen LogP contribution in [0.4, 0.5) is 29.6 Å². The number of amides is 2. The predicted octanol–water partition coefficient (Wildman–Crippen LogP) is 4.90. The van der Waals surface area contributed by atoms with Gasteiger partial charge in [-0.05, 0) is 32.1 Å². The Morgan fingerprint density at radius 1 is 1.02 bits per heavy atom. The number of carbonyl (C=O) groups is 2. The summed E-state index contributed by atoms with van der Waals surface area (Å²) in [6, 6.07) is 8.24. The third kappa shape index (κ3) is 4.62. The van der Waals surface area contributed by atoms with Crippen LogP contribution in [0.1, 0.15) is 61.3 Å². The van der Waals surface area contributed by atoms with Crippen LogP contribution in [0.25, 0.3) is 11.3 Å². The van der Waals surface area contributed by atoms with E-state index in [0.29, 0.717) is 56.0 Å². The van der Waals surface area contributed by atoms with E-state index in [4.69, 9.17) is 0 Å². The van der Waals surface area contributed by atoms with E-state index in [2.05, 4.69) is 20.3 Å². The van der Waals surface area contributed by atoms with E-state index >= 15 is 0 Å². The number of hydrogen-bond acceptors (Lipinski definition) is 6. The first-order valence-corrected chi connectivity index (χ1v) is 13.4. The van der Waals surface area contributed by atoms with E-state index in [1.807, 2.05) is 4.90 Å². The van der Waals surface area contributed by atoms with Crippen LogP contribution in [0.2, 0.25) is 0 Å². The van der Waals surface area contributed by atoms with Crippen LogP contribution in [0, 0.1) is 0 Å². The average Bonchev–Trinajstić information content (AvgIpc) is 3.54. The number of likely N-dealkylation sites (tertiary alicyclic amines) is 1. The zero-order valence-electron chi connectivity index (χ0n) is 21.6. The van der Waals surface area contributed by atoms with Crippen LogP contribution in [-0.4, -0.2) is 61.2 Å². The molecule has 1 unspecified atom stereocenters. The molecule has 0 bridgehead atoms. The number of carbonyl (C=O) groups excluding carboxylic acids is 1. The standard InChI is InChI=1S/C27H28F3N7O3/c28-27(29,30)22-21(16-6-2-1-3-7-16)34-24(37(22)20-8-4-5-11-36(20)26(39)40)17-9-12-35(13-10-17)25-18-14-19(38)33-23(18)31-15-32-25/h1-3,6-7,15,17,20H,4-5,8-14H2,(H,39,40)(H,31,32,33,38). The van der Waals surface area contributed by atoms with E-state index in [0.717, 1.165) is 10.5 Å². The number of carboxylic acid groups (broad SMARTS) is 1. The summed E-state index contributed by atoms with van der Waals surface area (Å²) in [6.45, 7) is 1.15. The lowest BCUT2D eigenvalue weighted by Crippen LogP contribution is -2.43. The minimum atomic E-state index is -4.75. The molecule has 40 heavy (non-hydrogen) atoms. The van der Waals surface area contributed by atoms with E-state index in [1.54, 1.807) is 30.3 Å². The first-order chi connectivity index (χ1) is 19.2. The predicted molar refractivity (Wildman–Crippen MR) is 139 cm³/mol. The quantitative estimate of drug-likeness (QED) is 0.470. The second-order valence-electron chi connectivity index (χ2n) is 10.4. The lowest BCUT2D eigenvalue weighted by atomic mass is 9.95. The van der Waals surface area contributed by atoms with Crippen molar-refractivity contribution >= 4 is 23.6 Å². The van der Waals surface area contributed by atoms with Crippen LogP contribution >= 0.6 is 0 Å². The number of hydrogen-bond donors (Lipinski definition) is 2. The number of fused-ring (bicyclic) bond motifs is 1. The summed E-state index contributed by atoms with van der Waals surface area (Å²) < 4.78 is 45.6. The van der Waals surface area contributed by atoms with Crippen molar-refractivity contribution in [1.29, 1.82) is 0 Å². The number of nitrogens with zero attached hydrogens (tertiary/aromatic N) is 6. The van der Waals surface area contributed by atoms with Gasteiger partial charge in [-0.1, -0.05) is 30.3 Å². The average molecular weight is 556 g/mol. The van der Waals surface area contributed by atoms with Crippen molar-refractivity contribution in [1.82, 2.24) is 24.4 Å². The lowest BCUT2D eigenvalue weighted by molar-refractivity contribution is -0.145. The van der Waals surface area contributed by atoms with E-state index < -0.39 is 24.1 Å². The first-order valence-electron chi connectivity index (χ1n) is 13.4. The van der Waals surface area contributed by atoms with Gasteiger partial charge in [-0.15, -0.1) is 0 Å². The molecule has 2 amide bonds. The number of halogens is 3. The molecule has 3 aliphatic heterocycles. The van der Waals surface area contributed by atoms with Crippen molar-refractivity contribution in [2.24, 2.45) is 0 Å². The Bertz CT molecular complexity index is 1440. The molecule has 3 aliphatic rings. The molecule has 2 fully saturated rings. The largest absolute Gasteiger partial charge is 0.465 e. The van der Waals surface area contributed by atoms with Crippen LogP contribution < -0.4 is 10.2 Å². The highest BCUT2D eigenvalue weighted by Gasteiger charge is 2.45. The summed E-state index contributed by atoms with van der Waals surface area (Å²) in [6.07, 6.45) is -2.95. The van der Waals surface area contributed by atoms with Crippen molar-refractivity contribution in [3.8, 4) is 11.3 Å². The van der Waals surface area contributed by atoms with Crippen molar-refractivity contribution in [3.63, 3.8) is 0 Å². The molecule has 0 saturated carbocycles. The molecule has 0 spiro atoms. The second kappa shape index (κ2) is 10.1. The number of imidazole rings is 1. The smallest absolute Gasteiger partial charge is 0.433 e. The Labute approximate surface area is 227 Å². The van der Waals surface area contributed by atoms with Gasteiger partial charge in [0.25, 0.3) is 0 Å². The molecular weight excluding hydrogens is 527 g/mol. The lowest BCUT2D eigenvalue weighted by Gasteiger charge is -2.38. The number of alkyl halides is 3. The van der Waals surface area contributed by atoms with Gasteiger partial charge in [0.15, 0.2) is 5.69 Å². The Kier molecular flexibility index (Phi) is 6.59. The van der Waals surface area contributed by atoms with Crippen LogP contribution in [0.3, 0.4) is 0 Å². The van der Waals surface area contributed by atoms with Gasteiger partial charge in [0.2, 0.25) is 5.91 Å². The number of benzene rings is 1.